The molecule has 0 spiro atoms. The van der Waals surface area contributed by atoms with Crippen LogP contribution in [0.1, 0.15) is 11.1 Å². The first-order valence-electron chi connectivity index (χ1n) is 4.91. The van der Waals surface area contributed by atoms with Crippen molar-refractivity contribution in [3.63, 3.8) is 0 Å². The second kappa shape index (κ2) is 4.79. The van der Waals surface area contributed by atoms with Crippen molar-refractivity contribution in [2.45, 2.75) is 6.42 Å². The lowest BCUT2D eigenvalue weighted by molar-refractivity contribution is 0.557. The van der Waals surface area contributed by atoms with Gasteiger partial charge in [-0.2, -0.15) is 0 Å². The molecular weight excluding hydrogens is 290 g/mol. The highest BCUT2D eigenvalue weighted by Crippen LogP contribution is 2.24. The SMILES string of the molecule is Nc1ncccc1Cc1c(F)ccc(Br)c1F. The summed E-state index contributed by atoms with van der Waals surface area (Å²) in [4.78, 5) is 3.88. The molecule has 88 valence electrons. The van der Waals surface area contributed by atoms with Gasteiger partial charge in [0.15, 0.2) is 0 Å². The van der Waals surface area contributed by atoms with Gasteiger partial charge >= 0.3 is 0 Å². The van der Waals surface area contributed by atoms with E-state index in [1.807, 2.05) is 0 Å². The number of benzene rings is 1. The van der Waals surface area contributed by atoms with Crippen LogP contribution in [0.4, 0.5) is 14.6 Å². The summed E-state index contributed by atoms with van der Waals surface area (Å²) in [7, 11) is 0. The average Bonchev–Trinajstić information content (AvgIpc) is 2.32. The van der Waals surface area contributed by atoms with Crippen LogP contribution in [0.25, 0.3) is 0 Å². The summed E-state index contributed by atoms with van der Waals surface area (Å²) < 4.78 is 27.5. The Morgan fingerprint density at radius 2 is 2.00 bits per heavy atom. The van der Waals surface area contributed by atoms with E-state index in [1.165, 1.54) is 18.3 Å². The van der Waals surface area contributed by atoms with Crippen LogP contribution < -0.4 is 5.73 Å². The monoisotopic (exact) mass is 298 g/mol. The third-order valence-electron chi connectivity index (χ3n) is 2.43. The molecule has 0 amide bonds. The van der Waals surface area contributed by atoms with Crippen molar-refractivity contribution in [3.05, 3.63) is 57.7 Å². The van der Waals surface area contributed by atoms with Crippen molar-refractivity contribution >= 4 is 21.7 Å². The minimum absolute atomic E-state index is 0.0147. The van der Waals surface area contributed by atoms with Crippen LogP contribution in [-0.2, 0) is 6.42 Å². The number of aromatic nitrogens is 1. The zero-order valence-corrected chi connectivity index (χ0v) is 10.3. The van der Waals surface area contributed by atoms with Crippen molar-refractivity contribution in [3.8, 4) is 0 Å². The summed E-state index contributed by atoms with van der Waals surface area (Å²) >= 11 is 3.02. The van der Waals surface area contributed by atoms with Crippen LogP contribution in [0.5, 0.6) is 0 Å². The molecule has 0 atom stereocenters. The first kappa shape index (κ1) is 12.0. The summed E-state index contributed by atoms with van der Waals surface area (Å²) in [5.74, 6) is -0.909. The highest BCUT2D eigenvalue weighted by atomic mass is 79.9. The molecule has 1 heterocycles. The molecule has 2 N–H and O–H groups in total. The summed E-state index contributed by atoms with van der Waals surface area (Å²) in [5.41, 5.74) is 6.22. The van der Waals surface area contributed by atoms with Crippen molar-refractivity contribution in [1.82, 2.24) is 4.98 Å². The van der Waals surface area contributed by atoms with Crippen LogP contribution in [0.3, 0.4) is 0 Å². The van der Waals surface area contributed by atoms with Crippen LogP contribution in [-0.4, -0.2) is 4.98 Å². The standard InChI is InChI=1S/C12H9BrF2N2/c13-9-3-4-10(14)8(11(9)15)6-7-2-1-5-17-12(7)16/h1-5H,6H2,(H2,16,17). The van der Waals surface area contributed by atoms with E-state index in [9.17, 15) is 8.78 Å². The molecule has 2 aromatic rings. The van der Waals surface area contributed by atoms with Gasteiger partial charge < -0.3 is 5.73 Å². The number of nitrogens with zero attached hydrogens (tertiary/aromatic N) is 1. The number of pyridine rings is 1. The van der Waals surface area contributed by atoms with Gasteiger partial charge in [-0.1, -0.05) is 6.07 Å². The van der Waals surface area contributed by atoms with Crippen LogP contribution in [0.15, 0.2) is 34.9 Å². The lowest BCUT2D eigenvalue weighted by Gasteiger charge is -2.08. The van der Waals surface area contributed by atoms with Crippen molar-refractivity contribution < 1.29 is 8.78 Å². The third-order valence-corrected chi connectivity index (χ3v) is 3.04. The first-order chi connectivity index (χ1) is 8.09. The number of hydrogen-bond acceptors (Lipinski definition) is 2. The Hall–Kier alpha value is -1.49. The van der Waals surface area contributed by atoms with Gasteiger partial charge in [-0.15, -0.1) is 0 Å². The molecule has 0 aliphatic carbocycles. The van der Waals surface area contributed by atoms with Gasteiger partial charge in [0.25, 0.3) is 0 Å². The fourth-order valence-corrected chi connectivity index (χ4v) is 1.89. The number of nitrogen functional groups attached to an aromatic ring is 1. The quantitative estimate of drug-likeness (QED) is 0.864. The third kappa shape index (κ3) is 2.44. The number of halogens is 3. The summed E-state index contributed by atoms with van der Waals surface area (Å²) in [6, 6.07) is 5.93. The Morgan fingerprint density at radius 1 is 1.24 bits per heavy atom. The number of anilines is 1. The minimum atomic E-state index is -0.603. The van der Waals surface area contributed by atoms with E-state index in [1.54, 1.807) is 12.1 Å². The smallest absolute Gasteiger partial charge is 0.143 e. The fraction of sp³-hybridized carbons (Fsp3) is 0.0833. The van der Waals surface area contributed by atoms with Crippen molar-refractivity contribution in [2.24, 2.45) is 0 Å². The molecule has 2 rings (SSSR count). The molecule has 0 fully saturated rings. The Labute approximate surface area is 106 Å². The summed E-state index contributed by atoms with van der Waals surface area (Å²) in [5, 5.41) is 0. The molecule has 1 aromatic carbocycles. The zero-order chi connectivity index (χ0) is 12.4. The number of nitrogens with two attached hydrogens (primary N) is 1. The molecule has 0 aliphatic heterocycles. The second-order valence-corrected chi connectivity index (χ2v) is 4.40. The number of rotatable bonds is 2. The first-order valence-corrected chi connectivity index (χ1v) is 5.70. The van der Waals surface area contributed by atoms with Crippen LogP contribution in [0, 0.1) is 11.6 Å². The van der Waals surface area contributed by atoms with E-state index in [2.05, 4.69) is 20.9 Å². The maximum Gasteiger partial charge on any atom is 0.143 e. The highest BCUT2D eigenvalue weighted by Gasteiger charge is 2.14. The van der Waals surface area contributed by atoms with Crippen molar-refractivity contribution in [2.75, 3.05) is 5.73 Å². The molecule has 17 heavy (non-hydrogen) atoms. The van der Waals surface area contributed by atoms with E-state index in [0.717, 1.165) is 0 Å². The topological polar surface area (TPSA) is 38.9 Å². The molecule has 0 unspecified atom stereocenters. The lowest BCUT2D eigenvalue weighted by Crippen LogP contribution is -2.02. The number of hydrogen-bond donors (Lipinski definition) is 1. The van der Waals surface area contributed by atoms with Gasteiger partial charge in [-0.25, -0.2) is 13.8 Å². The molecule has 5 heteroatoms. The Morgan fingerprint density at radius 3 is 2.71 bits per heavy atom. The van der Waals surface area contributed by atoms with E-state index < -0.39 is 11.6 Å². The molecule has 0 saturated carbocycles. The molecule has 0 radical (unpaired) electrons. The lowest BCUT2D eigenvalue weighted by atomic mass is 10.0. The van der Waals surface area contributed by atoms with E-state index >= 15 is 0 Å². The van der Waals surface area contributed by atoms with Gasteiger partial charge in [0.2, 0.25) is 0 Å². The molecule has 0 aliphatic rings. The van der Waals surface area contributed by atoms with Crippen LogP contribution >= 0.6 is 15.9 Å². The van der Waals surface area contributed by atoms with E-state index in [4.69, 9.17) is 5.73 Å². The Bertz CT molecular complexity index is 558. The van der Waals surface area contributed by atoms with E-state index in [-0.39, 0.29) is 22.3 Å². The van der Waals surface area contributed by atoms with Gasteiger partial charge in [0, 0.05) is 18.2 Å². The predicted octanol–water partition coefficient (Wildman–Crippen LogP) is 3.30. The zero-order valence-electron chi connectivity index (χ0n) is 8.75. The second-order valence-electron chi connectivity index (χ2n) is 3.55. The summed E-state index contributed by atoms with van der Waals surface area (Å²) in [6.45, 7) is 0. The molecular formula is C12H9BrF2N2. The maximum absolute atomic E-state index is 13.7. The molecule has 0 bridgehead atoms. The minimum Gasteiger partial charge on any atom is -0.383 e. The van der Waals surface area contributed by atoms with E-state index in [0.29, 0.717) is 5.56 Å². The molecule has 0 saturated heterocycles. The van der Waals surface area contributed by atoms with Gasteiger partial charge in [0.05, 0.1) is 4.47 Å². The van der Waals surface area contributed by atoms with Gasteiger partial charge in [-0.3, -0.25) is 0 Å². The average molecular weight is 299 g/mol. The van der Waals surface area contributed by atoms with Crippen molar-refractivity contribution in [1.29, 1.82) is 0 Å². The largest absolute Gasteiger partial charge is 0.383 e. The summed E-state index contributed by atoms with van der Waals surface area (Å²) in [6.07, 6.45) is 1.61. The Balaban J connectivity index is 2.43. The van der Waals surface area contributed by atoms with Gasteiger partial charge in [0.1, 0.15) is 17.5 Å². The predicted molar refractivity (Wildman–Crippen MR) is 65.5 cm³/mol. The fourth-order valence-electron chi connectivity index (χ4n) is 1.52. The maximum atomic E-state index is 13.7. The van der Waals surface area contributed by atoms with Gasteiger partial charge in [-0.05, 0) is 39.7 Å². The highest BCUT2D eigenvalue weighted by molar-refractivity contribution is 9.10. The van der Waals surface area contributed by atoms with Crippen LogP contribution in [0.2, 0.25) is 0 Å². The molecule has 1 aromatic heterocycles. The normalized spacial score (nSPS) is 10.5. The Kier molecular flexibility index (Phi) is 3.38. The molecule has 2 nitrogen and oxygen atoms in total.